The van der Waals surface area contributed by atoms with Crippen LogP contribution in [0.3, 0.4) is 0 Å². The minimum Gasteiger partial charge on any atom is -0.443 e. The Morgan fingerprint density at radius 3 is 2.59 bits per heavy atom. The number of rotatable bonds is 5. The molecule has 0 amide bonds. The van der Waals surface area contributed by atoms with E-state index < -0.39 is 0 Å². The highest BCUT2D eigenvalue weighted by Crippen LogP contribution is 2.48. The number of aliphatic imine (C=N–C) groups is 1. The van der Waals surface area contributed by atoms with E-state index in [0.717, 1.165) is 36.1 Å². The van der Waals surface area contributed by atoms with Crippen molar-refractivity contribution < 1.29 is 4.42 Å². The average molecular weight is 503 g/mol. The van der Waals surface area contributed by atoms with Crippen LogP contribution in [0.5, 0.6) is 0 Å². The third-order valence-corrected chi connectivity index (χ3v) is 5.04. The molecule has 1 fully saturated rings. The molecule has 1 heterocycles. The summed E-state index contributed by atoms with van der Waals surface area (Å²) >= 11 is 6.15. The number of nitrogens with one attached hydrogen (secondary N) is 2. The first-order chi connectivity index (χ1) is 12.3. The zero-order valence-corrected chi connectivity index (χ0v) is 19.4. The molecule has 1 saturated carbocycles. The van der Waals surface area contributed by atoms with Crippen molar-refractivity contribution in [2.24, 2.45) is 4.99 Å². The van der Waals surface area contributed by atoms with E-state index in [9.17, 15) is 0 Å². The van der Waals surface area contributed by atoms with Crippen LogP contribution in [-0.2, 0) is 17.4 Å². The van der Waals surface area contributed by atoms with Gasteiger partial charge in [-0.1, -0.05) is 44.5 Å². The van der Waals surface area contributed by atoms with E-state index in [1.54, 1.807) is 13.2 Å². The second-order valence-corrected chi connectivity index (χ2v) is 8.37. The summed E-state index contributed by atoms with van der Waals surface area (Å²) in [5.74, 6) is 2.29. The molecule has 1 aromatic carbocycles. The van der Waals surface area contributed by atoms with E-state index in [-0.39, 0.29) is 34.8 Å². The van der Waals surface area contributed by atoms with Crippen molar-refractivity contribution in [1.29, 1.82) is 0 Å². The number of hydrogen-bond acceptors (Lipinski definition) is 3. The van der Waals surface area contributed by atoms with E-state index in [4.69, 9.17) is 16.0 Å². The zero-order chi connectivity index (χ0) is 18.8. The van der Waals surface area contributed by atoms with Gasteiger partial charge in [-0.15, -0.1) is 24.0 Å². The molecule has 0 atom stereocenters. The molecule has 2 aromatic rings. The quantitative estimate of drug-likeness (QED) is 0.355. The van der Waals surface area contributed by atoms with Crippen molar-refractivity contribution in [1.82, 2.24) is 15.6 Å². The van der Waals surface area contributed by atoms with Crippen LogP contribution in [0.25, 0.3) is 0 Å². The fourth-order valence-electron chi connectivity index (χ4n) is 2.91. The van der Waals surface area contributed by atoms with Gasteiger partial charge < -0.3 is 15.1 Å². The average Bonchev–Trinajstić information content (AvgIpc) is 3.22. The Hall–Kier alpha value is -1.28. The van der Waals surface area contributed by atoms with Crippen LogP contribution in [0, 0.1) is 0 Å². The van der Waals surface area contributed by atoms with Gasteiger partial charge in [0, 0.05) is 29.4 Å². The van der Waals surface area contributed by atoms with Crippen LogP contribution < -0.4 is 10.6 Å². The van der Waals surface area contributed by atoms with Crippen molar-refractivity contribution in [3.63, 3.8) is 0 Å². The second-order valence-electron chi connectivity index (χ2n) is 7.94. The lowest BCUT2D eigenvalue weighted by atomic mass is 9.94. The van der Waals surface area contributed by atoms with Crippen LogP contribution in [0.2, 0.25) is 5.02 Å². The molecular weight excluding hydrogens is 475 g/mol. The Labute approximate surface area is 183 Å². The molecule has 1 aliphatic rings. The summed E-state index contributed by atoms with van der Waals surface area (Å²) in [6, 6.07) is 8.14. The van der Waals surface area contributed by atoms with Crippen LogP contribution in [-0.4, -0.2) is 24.5 Å². The fraction of sp³-hybridized carbons (Fsp3) is 0.500. The molecule has 148 valence electrons. The van der Waals surface area contributed by atoms with Crippen LogP contribution >= 0.6 is 35.6 Å². The van der Waals surface area contributed by atoms with Crippen molar-refractivity contribution in [3.8, 4) is 0 Å². The van der Waals surface area contributed by atoms with Crippen molar-refractivity contribution in [2.45, 2.75) is 51.0 Å². The molecule has 0 radical (unpaired) electrons. The molecule has 0 unspecified atom stereocenters. The summed E-state index contributed by atoms with van der Waals surface area (Å²) in [6.45, 7) is 7.65. The summed E-state index contributed by atoms with van der Waals surface area (Å²) in [7, 11) is 1.77. The first-order valence-electron chi connectivity index (χ1n) is 8.98. The van der Waals surface area contributed by atoms with Crippen molar-refractivity contribution in [3.05, 3.63) is 52.7 Å². The van der Waals surface area contributed by atoms with E-state index in [1.807, 2.05) is 12.1 Å². The number of aromatic nitrogens is 1. The highest BCUT2D eigenvalue weighted by Gasteiger charge is 2.44. The molecule has 5 nitrogen and oxygen atoms in total. The number of oxazole rings is 1. The Morgan fingerprint density at radius 2 is 2.04 bits per heavy atom. The standard InChI is InChI=1S/C20H27ClN4O.HI/c1-19(2,3)16-11-23-17(26-16)12-24-18(22-4)25-13-20(8-9-20)14-6-5-7-15(21)10-14;/h5-7,10-11H,8-9,12-13H2,1-4H3,(H2,22,24,25);1H. The summed E-state index contributed by atoms with van der Waals surface area (Å²) in [5.41, 5.74) is 1.40. The fourth-order valence-corrected chi connectivity index (χ4v) is 3.10. The van der Waals surface area contributed by atoms with Crippen molar-refractivity contribution in [2.75, 3.05) is 13.6 Å². The Balaban J connectivity index is 0.00000261. The van der Waals surface area contributed by atoms with Gasteiger partial charge in [0.15, 0.2) is 5.96 Å². The third-order valence-electron chi connectivity index (χ3n) is 4.81. The molecule has 0 saturated heterocycles. The molecule has 1 aliphatic carbocycles. The SMILES string of the molecule is CN=C(NCc1ncc(C(C)(C)C)o1)NCC1(c2cccc(Cl)c2)CC1.I. The van der Waals surface area contributed by atoms with E-state index in [2.05, 4.69) is 53.5 Å². The van der Waals surface area contributed by atoms with E-state index in [1.165, 1.54) is 5.56 Å². The predicted octanol–water partition coefficient (Wildman–Crippen LogP) is 4.64. The van der Waals surface area contributed by atoms with Gasteiger partial charge in [-0.3, -0.25) is 4.99 Å². The number of guanidine groups is 1. The Bertz CT molecular complexity index is 793. The smallest absolute Gasteiger partial charge is 0.213 e. The van der Waals surface area contributed by atoms with E-state index in [0.29, 0.717) is 12.4 Å². The van der Waals surface area contributed by atoms with Gasteiger partial charge >= 0.3 is 0 Å². The molecule has 3 rings (SSSR count). The lowest BCUT2D eigenvalue weighted by Crippen LogP contribution is -2.40. The largest absolute Gasteiger partial charge is 0.443 e. The first-order valence-corrected chi connectivity index (χ1v) is 9.36. The minimum atomic E-state index is -0.0412. The van der Waals surface area contributed by atoms with Crippen LogP contribution in [0.15, 0.2) is 39.9 Å². The third kappa shape index (κ3) is 5.60. The molecule has 7 heteroatoms. The molecule has 0 aliphatic heterocycles. The molecule has 2 N–H and O–H groups in total. The maximum Gasteiger partial charge on any atom is 0.213 e. The van der Waals surface area contributed by atoms with Crippen LogP contribution in [0.4, 0.5) is 0 Å². The maximum absolute atomic E-state index is 6.15. The van der Waals surface area contributed by atoms with Gasteiger partial charge in [-0.05, 0) is 30.5 Å². The number of benzene rings is 1. The summed E-state index contributed by atoms with van der Waals surface area (Å²) < 4.78 is 5.81. The Morgan fingerprint density at radius 1 is 1.30 bits per heavy atom. The number of nitrogens with zero attached hydrogens (tertiary/aromatic N) is 2. The van der Waals surface area contributed by atoms with Gasteiger partial charge in [0.2, 0.25) is 5.89 Å². The molecule has 1 aromatic heterocycles. The van der Waals surface area contributed by atoms with Gasteiger partial charge in [0.1, 0.15) is 5.76 Å². The lowest BCUT2D eigenvalue weighted by Gasteiger charge is -2.19. The van der Waals surface area contributed by atoms with Gasteiger partial charge in [0.25, 0.3) is 0 Å². The molecular formula is C20H28ClIN4O. The normalized spacial score (nSPS) is 15.8. The minimum absolute atomic E-state index is 0. The molecule has 27 heavy (non-hydrogen) atoms. The molecule has 0 bridgehead atoms. The van der Waals surface area contributed by atoms with Gasteiger partial charge in [0.05, 0.1) is 12.7 Å². The second kappa shape index (κ2) is 8.82. The molecule has 0 spiro atoms. The van der Waals surface area contributed by atoms with Gasteiger partial charge in [-0.2, -0.15) is 0 Å². The predicted molar refractivity (Wildman–Crippen MR) is 121 cm³/mol. The highest BCUT2D eigenvalue weighted by molar-refractivity contribution is 14.0. The van der Waals surface area contributed by atoms with E-state index >= 15 is 0 Å². The summed E-state index contributed by atoms with van der Waals surface area (Å²) in [6.07, 6.45) is 4.11. The topological polar surface area (TPSA) is 62.5 Å². The van der Waals surface area contributed by atoms with Gasteiger partial charge in [-0.25, -0.2) is 4.98 Å². The number of halogens is 2. The van der Waals surface area contributed by atoms with Crippen molar-refractivity contribution >= 4 is 41.5 Å². The first kappa shape index (κ1) is 22.0. The summed E-state index contributed by atoms with van der Waals surface area (Å²) in [5, 5.41) is 7.48. The van der Waals surface area contributed by atoms with Crippen LogP contribution in [0.1, 0.15) is 50.8 Å². The zero-order valence-electron chi connectivity index (χ0n) is 16.3. The number of hydrogen-bond donors (Lipinski definition) is 2. The highest BCUT2D eigenvalue weighted by atomic mass is 127. The lowest BCUT2D eigenvalue weighted by molar-refractivity contribution is 0.379. The Kier molecular flexibility index (Phi) is 7.19. The maximum atomic E-state index is 6.15. The summed E-state index contributed by atoms with van der Waals surface area (Å²) in [4.78, 5) is 8.64. The monoisotopic (exact) mass is 502 g/mol.